The van der Waals surface area contributed by atoms with Gasteiger partial charge in [0.2, 0.25) is 5.76 Å². The van der Waals surface area contributed by atoms with Crippen molar-refractivity contribution in [2.45, 2.75) is 6.42 Å². The van der Waals surface area contributed by atoms with Crippen molar-refractivity contribution in [1.82, 2.24) is 10.1 Å². The van der Waals surface area contributed by atoms with Crippen LogP contribution in [-0.2, 0) is 0 Å². The molecule has 1 aliphatic rings. The number of hydrogen-bond acceptors (Lipinski definition) is 6. The summed E-state index contributed by atoms with van der Waals surface area (Å²) in [5.41, 5.74) is 1.35. The second kappa shape index (κ2) is 7.67. The van der Waals surface area contributed by atoms with E-state index in [0.29, 0.717) is 31.0 Å². The number of aliphatic hydroxyl groups is 2. The van der Waals surface area contributed by atoms with Crippen molar-refractivity contribution < 1.29 is 24.3 Å². The van der Waals surface area contributed by atoms with Gasteiger partial charge in [0.25, 0.3) is 5.91 Å². The first-order valence-electron chi connectivity index (χ1n) is 8.26. The van der Waals surface area contributed by atoms with E-state index in [-0.39, 0.29) is 36.7 Å². The van der Waals surface area contributed by atoms with E-state index in [4.69, 9.17) is 9.26 Å². The van der Waals surface area contributed by atoms with Crippen LogP contribution in [0.5, 0.6) is 5.75 Å². The number of aliphatic hydroxyl groups excluding tert-OH is 2. The maximum absolute atomic E-state index is 12.7. The summed E-state index contributed by atoms with van der Waals surface area (Å²) < 4.78 is 10.4. The van der Waals surface area contributed by atoms with E-state index in [2.05, 4.69) is 5.16 Å². The average molecular weight is 346 g/mol. The molecule has 0 spiro atoms. The number of piperidine rings is 1. The van der Waals surface area contributed by atoms with Crippen LogP contribution in [0.2, 0.25) is 0 Å². The van der Waals surface area contributed by atoms with E-state index in [9.17, 15) is 15.0 Å². The fourth-order valence-electron chi connectivity index (χ4n) is 3.20. The van der Waals surface area contributed by atoms with Crippen LogP contribution in [0.25, 0.3) is 11.3 Å². The van der Waals surface area contributed by atoms with Crippen LogP contribution >= 0.6 is 0 Å². The molecule has 1 fully saturated rings. The Morgan fingerprint density at radius 2 is 2.00 bits per heavy atom. The third-order valence-corrected chi connectivity index (χ3v) is 4.51. The summed E-state index contributed by atoms with van der Waals surface area (Å²) in [6, 6.07) is 8.95. The number of rotatable bonds is 5. The number of carbonyl (C=O) groups is 1. The van der Waals surface area contributed by atoms with E-state index in [0.717, 1.165) is 5.56 Å². The molecule has 2 heterocycles. The third-order valence-electron chi connectivity index (χ3n) is 4.51. The molecule has 1 aliphatic heterocycles. The van der Waals surface area contributed by atoms with Gasteiger partial charge in [0, 0.05) is 49.8 Å². The average Bonchev–Trinajstić information content (AvgIpc) is 3.17. The summed E-state index contributed by atoms with van der Waals surface area (Å²) >= 11 is 0. The van der Waals surface area contributed by atoms with Gasteiger partial charge in [-0.25, -0.2) is 0 Å². The van der Waals surface area contributed by atoms with Gasteiger partial charge in [0.05, 0.1) is 7.11 Å². The van der Waals surface area contributed by atoms with Crippen molar-refractivity contribution in [2.24, 2.45) is 11.8 Å². The van der Waals surface area contributed by atoms with Crippen LogP contribution in [0.3, 0.4) is 0 Å². The highest BCUT2D eigenvalue weighted by Gasteiger charge is 2.31. The van der Waals surface area contributed by atoms with E-state index in [1.165, 1.54) is 0 Å². The lowest BCUT2D eigenvalue weighted by molar-refractivity contribution is 0.0384. The van der Waals surface area contributed by atoms with Crippen molar-refractivity contribution in [1.29, 1.82) is 0 Å². The molecule has 134 valence electrons. The number of benzene rings is 1. The van der Waals surface area contributed by atoms with E-state index in [1.54, 1.807) is 18.1 Å². The molecule has 0 bridgehead atoms. The molecule has 2 atom stereocenters. The van der Waals surface area contributed by atoms with Crippen molar-refractivity contribution >= 4 is 5.91 Å². The first-order chi connectivity index (χ1) is 12.1. The van der Waals surface area contributed by atoms with Gasteiger partial charge in [-0.2, -0.15) is 0 Å². The lowest BCUT2D eigenvalue weighted by Gasteiger charge is -2.35. The summed E-state index contributed by atoms with van der Waals surface area (Å²) in [6.45, 7) is 0.875. The maximum atomic E-state index is 12.7. The first kappa shape index (κ1) is 17.4. The van der Waals surface area contributed by atoms with Crippen LogP contribution in [0.15, 0.2) is 34.9 Å². The van der Waals surface area contributed by atoms with Crippen LogP contribution < -0.4 is 4.74 Å². The minimum atomic E-state index is -0.279. The second-order valence-corrected chi connectivity index (χ2v) is 6.35. The zero-order valence-corrected chi connectivity index (χ0v) is 14.1. The number of nitrogens with zero attached hydrogens (tertiary/aromatic N) is 2. The van der Waals surface area contributed by atoms with Crippen LogP contribution in [0.1, 0.15) is 17.0 Å². The second-order valence-electron chi connectivity index (χ2n) is 6.35. The fraction of sp³-hybridized carbons (Fsp3) is 0.444. The number of ether oxygens (including phenoxy) is 1. The predicted molar refractivity (Wildman–Crippen MR) is 90.2 cm³/mol. The van der Waals surface area contributed by atoms with Gasteiger partial charge in [-0.15, -0.1) is 0 Å². The van der Waals surface area contributed by atoms with Crippen LogP contribution in [0, 0.1) is 11.8 Å². The van der Waals surface area contributed by atoms with Gasteiger partial charge < -0.3 is 24.4 Å². The Morgan fingerprint density at radius 1 is 1.28 bits per heavy atom. The summed E-state index contributed by atoms with van der Waals surface area (Å²) in [5.74, 6) is 0.499. The van der Waals surface area contributed by atoms with Crippen molar-refractivity contribution in [2.75, 3.05) is 33.4 Å². The SMILES string of the molecule is COc1cccc(-c2cc(C(=O)N3CC(CO)CC(CO)C3)on2)c1. The number of hydrogen-bond donors (Lipinski definition) is 2. The Labute approximate surface area is 145 Å². The van der Waals surface area contributed by atoms with Gasteiger partial charge in [-0.3, -0.25) is 4.79 Å². The van der Waals surface area contributed by atoms with Gasteiger partial charge in [0.15, 0.2) is 0 Å². The molecule has 1 amide bonds. The van der Waals surface area contributed by atoms with E-state index in [1.807, 2.05) is 24.3 Å². The van der Waals surface area contributed by atoms with Gasteiger partial charge in [0.1, 0.15) is 11.4 Å². The molecule has 3 rings (SSSR count). The standard InChI is InChI=1S/C18H22N2O5/c1-24-15-4-2-3-14(6-15)16-7-17(25-19-16)18(23)20-8-12(10-21)5-13(9-20)11-22/h2-4,6-7,12-13,21-22H,5,8-11H2,1H3. The van der Waals surface area contributed by atoms with Crippen molar-refractivity contribution in [3.05, 3.63) is 36.1 Å². The number of likely N-dealkylation sites (tertiary alicyclic amines) is 1. The van der Waals surface area contributed by atoms with Crippen molar-refractivity contribution in [3.63, 3.8) is 0 Å². The molecular weight excluding hydrogens is 324 g/mol. The summed E-state index contributed by atoms with van der Waals surface area (Å²) in [4.78, 5) is 14.3. The molecular formula is C18H22N2O5. The molecule has 25 heavy (non-hydrogen) atoms. The van der Waals surface area contributed by atoms with E-state index < -0.39 is 0 Å². The van der Waals surface area contributed by atoms with Gasteiger partial charge in [-0.05, 0) is 18.6 Å². The van der Waals surface area contributed by atoms with Gasteiger partial charge in [-0.1, -0.05) is 17.3 Å². The first-order valence-corrected chi connectivity index (χ1v) is 8.26. The predicted octanol–water partition coefficient (Wildman–Crippen LogP) is 1.41. The maximum Gasteiger partial charge on any atom is 0.292 e. The smallest absolute Gasteiger partial charge is 0.292 e. The molecule has 7 heteroatoms. The molecule has 2 aromatic rings. The Kier molecular flexibility index (Phi) is 5.35. The Hall–Kier alpha value is -2.38. The summed E-state index contributed by atoms with van der Waals surface area (Å²) in [7, 11) is 1.59. The monoisotopic (exact) mass is 346 g/mol. The largest absolute Gasteiger partial charge is 0.497 e. The quantitative estimate of drug-likeness (QED) is 0.850. The minimum absolute atomic E-state index is 0.00819. The molecule has 1 aromatic heterocycles. The Bertz CT molecular complexity index is 718. The zero-order chi connectivity index (χ0) is 17.8. The molecule has 1 saturated heterocycles. The highest BCUT2D eigenvalue weighted by atomic mass is 16.5. The molecule has 0 aliphatic carbocycles. The third kappa shape index (κ3) is 3.83. The zero-order valence-electron chi connectivity index (χ0n) is 14.1. The number of carbonyl (C=O) groups excluding carboxylic acids is 1. The molecule has 7 nitrogen and oxygen atoms in total. The van der Waals surface area contributed by atoms with Gasteiger partial charge >= 0.3 is 0 Å². The highest BCUT2D eigenvalue weighted by molar-refractivity contribution is 5.92. The molecule has 2 N–H and O–H groups in total. The number of aromatic nitrogens is 1. The fourth-order valence-corrected chi connectivity index (χ4v) is 3.20. The highest BCUT2D eigenvalue weighted by Crippen LogP contribution is 2.26. The van der Waals surface area contributed by atoms with E-state index >= 15 is 0 Å². The Morgan fingerprint density at radius 3 is 2.64 bits per heavy atom. The summed E-state index contributed by atoms with van der Waals surface area (Å²) in [6.07, 6.45) is 0.711. The topological polar surface area (TPSA) is 96.0 Å². The molecule has 0 saturated carbocycles. The lowest BCUT2D eigenvalue weighted by Crippen LogP contribution is -2.45. The number of amides is 1. The van der Waals surface area contributed by atoms with Crippen LogP contribution in [0.4, 0.5) is 0 Å². The summed E-state index contributed by atoms with van der Waals surface area (Å²) in [5, 5.41) is 22.8. The minimum Gasteiger partial charge on any atom is -0.497 e. The van der Waals surface area contributed by atoms with Crippen molar-refractivity contribution in [3.8, 4) is 17.0 Å². The van der Waals surface area contributed by atoms with Crippen LogP contribution in [-0.4, -0.2) is 59.6 Å². The normalized spacial score (nSPS) is 20.5. The number of methoxy groups -OCH3 is 1. The molecule has 1 aromatic carbocycles. The molecule has 2 unspecified atom stereocenters. The lowest BCUT2D eigenvalue weighted by atomic mass is 9.90. The molecule has 0 radical (unpaired) electrons. The Balaban J connectivity index is 1.78.